The summed E-state index contributed by atoms with van der Waals surface area (Å²) in [5.74, 6) is 1.88. The molecule has 0 spiro atoms. The van der Waals surface area contributed by atoms with Crippen LogP contribution in [-0.2, 0) is 0 Å². The molecular weight excluding hydrogens is 304 g/mol. The fraction of sp³-hybridized carbons (Fsp3) is 0.294. The summed E-state index contributed by atoms with van der Waals surface area (Å²) in [7, 11) is 3.81. The zero-order valence-corrected chi connectivity index (χ0v) is 14.3. The van der Waals surface area contributed by atoms with Gasteiger partial charge in [0.2, 0.25) is 0 Å². The summed E-state index contributed by atoms with van der Waals surface area (Å²) in [5.41, 5.74) is 2.08. The monoisotopic (exact) mass is 325 g/mol. The van der Waals surface area contributed by atoms with Crippen LogP contribution in [0.4, 0.5) is 5.95 Å². The molecule has 2 heterocycles. The van der Waals surface area contributed by atoms with Gasteiger partial charge >= 0.3 is 11.7 Å². The third-order valence-electron chi connectivity index (χ3n) is 3.44. The van der Waals surface area contributed by atoms with Gasteiger partial charge in [0, 0.05) is 20.2 Å². The second kappa shape index (κ2) is 6.66. The molecule has 0 saturated heterocycles. The molecule has 24 heavy (non-hydrogen) atoms. The molecule has 1 aromatic carbocycles. The van der Waals surface area contributed by atoms with Crippen molar-refractivity contribution in [2.24, 2.45) is 4.99 Å². The van der Waals surface area contributed by atoms with Gasteiger partial charge in [-0.15, -0.1) is 4.52 Å². The van der Waals surface area contributed by atoms with Crippen LogP contribution in [0.3, 0.4) is 0 Å². The Morgan fingerprint density at radius 2 is 2.17 bits per heavy atom. The number of aliphatic imine (C=N–C) groups is 1. The maximum absolute atomic E-state index is 6.05. The first-order valence-electron chi connectivity index (χ1n) is 7.73. The summed E-state index contributed by atoms with van der Waals surface area (Å²) in [5, 5.41) is 3.14. The topological polar surface area (TPSA) is 70.5 Å². The van der Waals surface area contributed by atoms with Crippen molar-refractivity contribution in [2.45, 2.75) is 20.0 Å². The van der Waals surface area contributed by atoms with Crippen LogP contribution in [0.15, 0.2) is 41.5 Å². The minimum Gasteiger partial charge on any atom is -0.483 e. The highest BCUT2D eigenvalue weighted by Gasteiger charge is 2.20. The number of rotatable bonds is 5. The highest BCUT2D eigenvalue weighted by atomic mass is 16.5. The van der Waals surface area contributed by atoms with E-state index in [1.165, 1.54) is 0 Å². The number of H-pyrrole nitrogens is 1. The minimum atomic E-state index is -0.173. The van der Waals surface area contributed by atoms with Gasteiger partial charge in [0.15, 0.2) is 6.10 Å². The Balaban J connectivity index is 1.90. The molecule has 1 N–H and O–H groups in total. The van der Waals surface area contributed by atoms with Crippen LogP contribution in [0.25, 0.3) is 5.78 Å². The molecule has 0 bridgehead atoms. The van der Waals surface area contributed by atoms with E-state index in [1.54, 1.807) is 17.1 Å². The summed E-state index contributed by atoms with van der Waals surface area (Å²) in [6, 6.07) is 9.90. The molecule has 7 nitrogen and oxygen atoms in total. The molecule has 0 radical (unpaired) electrons. The number of aromatic amines is 1. The lowest BCUT2D eigenvalue weighted by atomic mass is 10.2. The van der Waals surface area contributed by atoms with E-state index in [0.29, 0.717) is 11.7 Å². The SMILES string of the molecule is Cc1cccc(O[C@@H](C)c2ccnc3nc(N=CN(C)C)[nH][n+]23)c1. The maximum atomic E-state index is 6.05. The van der Waals surface area contributed by atoms with Crippen LogP contribution in [0, 0.1) is 6.92 Å². The summed E-state index contributed by atoms with van der Waals surface area (Å²) < 4.78 is 7.85. The van der Waals surface area contributed by atoms with Gasteiger partial charge < -0.3 is 9.64 Å². The molecule has 0 fully saturated rings. The Labute approximate surface area is 140 Å². The molecule has 0 amide bonds. The largest absolute Gasteiger partial charge is 0.483 e. The zero-order chi connectivity index (χ0) is 17.1. The lowest BCUT2D eigenvalue weighted by Crippen LogP contribution is -2.32. The smallest absolute Gasteiger partial charge is 0.459 e. The fourth-order valence-corrected chi connectivity index (χ4v) is 2.34. The second-order valence-electron chi connectivity index (χ2n) is 5.84. The number of fused-ring (bicyclic) bond motifs is 1. The molecule has 7 heteroatoms. The number of hydrogen-bond acceptors (Lipinski definition) is 4. The molecule has 0 aliphatic carbocycles. The van der Waals surface area contributed by atoms with E-state index in [1.807, 2.05) is 63.2 Å². The molecule has 124 valence electrons. The molecule has 3 rings (SSSR count). The number of benzene rings is 1. The highest BCUT2D eigenvalue weighted by Crippen LogP contribution is 2.20. The second-order valence-corrected chi connectivity index (χ2v) is 5.84. The van der Waals surface area contributed by atoms with E-state index >= 15 is 0 Å². The highest BCUT2D eigenvalue weighted by molar-refractivity contribution is 5.57. The van der Waals surface area contributed by atoms with Crippen LogP contribution in [-0.4, -0.2) is 40.4 Å². The zero-order valence-electron chi connectivity index (χ0n) is 14.3. The van der Waals surface area contributed by atoms with Gasteiger partial charge in [-0.25, -0.2) is 0 Å². The lowest BCUT2D eigenvalue weighted by molar-refractivity contribution is -0.591. The fourth-order valence-electron chi connectivity index (χ4n) is 2.34. The van der Waals surface area contributed by atoms with Crippen LogP contribution in [0.1, 0.15) is 24.3 Å². The van der Waals surface area contributed by atoms with Crippen molar-refractivity contribution in [3.05, 3.63) is 47.8 Å². The van der Waals surface area contributed by atoms with Crippen LogP contribution in [0.5, 0.6) is 5.75 Å². The quantitative estimate of drug-likeness (QED) is 0.443. The van der Waals surface area contributed by atoms with E-state index in [-0.39, 0.29) is 6.10 Å². The summed E-state index contributed by atoms with van der Waals surface area (Å²) in [6.45, 7) is 4.04. The number of aromatic nitrogens is 4. The van der Waals surface area contributed by atoms with E-state index in [2.05, 4.69) is 20.1 Å². The first kappa shape index (κ1) is 15.9. The van der Waals surface area contributed by atoms with E-state index in [4.69, 9.17) is 4.74 Å². The normalized spacial score (nSPS) is 12.7. The predicted molar refractivity (Wildman–Crippen MR) is 91.6 cm³/mol. The van der Waals surface area contributed by atoms with Gasteiger partial charge in [0.25, 0.3) is 0 Å². The number of ether oxygens (including phenoxy) is 1. The predicted octanol–water partition coefficient (Wildman–Crippen LogP) is 2.21. The van der Waals surface area contributed by atoms with Gasteiger partial charge in [-0.05, 0) is 36.5 Å². The Kier molecular flexibility index (Phi) is 4.41. The third kappa shape index (κ3) is 3.51. The van der Waals surface area contributed by atoms with Crippen molar-refractivity contribution in [3.63, 3.8) is 0 Å². The molecule has 3 aromatic rings. The Bertz CT molecular complexity index is 870. The molecule has 0 aliphatic heterocycles. The van der Waals surface area contributed by atoms with E-state index in [0.717, 1.165) is 17.0 Å². The van der Waals surface area contributed by atoms with Gasteiger partial charge in [0.1, 0.15) is 17.6 Å². The Hall–Kier alpha value is -2.96. The lowest BCUT2D eigenvalue weighted by Gasteiger charge is -2.13. The van der Waals surface area contributed by atoms with Gasteiger partial charge in [-0.3, -0.25) is 0 Å². The van der Waals surface area contributed by atoms with Crippen molar-refractivity contribution in [1.29, 1.82) is 0 Å². The number of hydrogen-bond donors (Lipinski definition) is 1. The average molecular weight is 325 g/mol. The molecule has 0 saturated carbocycles. The number of aryl methyl sites for hydroxylation is 1. The van der Waals surface area contributed by atoms with Gasteiger partial charge in [0.05, 0.1) is 6.34 Å². The number of nitrogens with one attached hydrogen (secondary N) is 1. The van der Waals surface area contributed by atoms with Crippen molar-refractivity contribution in [2.75, 3.05) is 14.1 Å². The van der Waals surface area contributed by atoms with Crippen molar-refractivity contribution in [1.82, 2.24) is 20.0 Å². The van der Waals surface area contributed by atoms with Gasteiger partial charge in [-0.2, -0.15) is 10.1 Å². The van der Waals surface area contributed by atoms with Crippen LogP contribution < -0.4 is 9.25 Å². The van der Waals surface area contributed by atoms with Crippen LogP contribution in [0.2, 0.25) is 0 Å². The standard InChI is InChI=1S/C17H20N6O/c1-12-6-5-7-14(10-12)24-13(2)15-8-9-18-17-20-16(21-23(15)17)19-11-22(3)4/h5-11,13H,1-4H3/p+1/t13-/m0/s1. The minimum absolute atomic E-state index is 0.173. The Morgan fingerprint density at radius 1 is 1.33 bits per heavy atom. The molecule has 0 aliphatic rings. The van der Waals surface area contributed by atoms with Gasteiger partial charge in [-0.1, -0.05) is 17.1 Å². The summed E-state index contributed by atoms with van der Waals surface area (Å²) in [6.07, 6.45) is 3.24. The average Bonchev–Trinajstić information content (AvgIpc) is 2.95. The van der Waals surface area contributed by atoms with Crippen LogP contribution >= 0.6 is 0 Å². The Morgan fingerprint density at radius 3 is 2.92 bits per heavy atom. The summed E-state index contributed by atoms with van der Waals surface area (Å²) in [4.78, 5) is 14.8. The molecule has 0 unspecified atom stereocenters. The molecule has 1 atom stereocenters. The van der Waals surface area contributed by atoms with E-state index in [9.17, 15) is 0 Å². The van der Waals surface area contributed by atoms with Crippen molar-refractivity contribution >= 4 is 18.1 Å². The first-order valence-corrected chi connectivity index (χ1v) is 7.73. The third-order valence-corrected chi connectivity index (χ3v) is 3.44. The summed E-state index contributed by atoms with van der Waals surface area (Å²) >= 11 is 0. The van der Waals surface area contributed by atoms with Crippen molar-refractivity contribution in [3.8, 4) is 5.75 Å². The molecular formula is C17H21N6O+. The number of nitrogens with zero attached hydrogens (tertiary/aromatic N) is 5. The molecule has 2 aromatic heterocycles. The van der Waals surface area contributed by atoms with E-state index < -0.39 is 0 Å². The van der Waals surface area contributed by atoms with Crippen molar-refractivity contribution < 1.29 is 9.25 Å². The maximum Gasteiger partial charge on any atom is 0.459 e. The first-order chi connectivity index (χ1) is 11.5.